The number of hydrogen-bond donors (Lipinski definition) is 2. The number of carbonyl (C=O) groups is 2. The van der Waals surface area contributed by atoms with Crippen LogP contribution in [0.3, 0.4) is 0 Å². The predicted octanol–water partition coefficient (Wildman–Crippen LogP) is 1.17. The van der Waals surface area contributed by atoms with Crippen molar-refractivity contribution in [3.63, 3.8) is 0 Å². The summed E-state index contributed by atoms with van der Waals surface area (Å²) in [5, 5.41) is 15.0. The van der Waals surface area contributed by atoms with Gasteiger partial charge in [0.25, 0.3) is 5.91 Å². The molecule has 0 unspecified atom stereocenters. The van der Waals surface area contributed by atoms with E-state index in [-0.39, 0.29) is 5.91 Å². The second kappa shape index (κ2) is 6.47. The third kappa shape index (κ3) is 4.00. The minimum Gasteiger partial charge on any atom is -0.478 e. The molecule has 7 nitrogen and oxygen atoms in total. The third-order valence-electron chi connectivity index (χ3n) is 2.75. The molecule has 0 fully saturated rings. The van der Waals surface area contributed by atoms with Crippen LogP contribution in [0.15, 0.2) is 36.7 Å². The van der Waals surface area contributed by atoms with E-state index in [0.717, 1.165) is 6.08 Å². The topological polar surface area (TPSA) is 99.2 Å². The smallest absolute Gasteiger partial charge is 0.328 e. The third-order valence-corrected chi connectivity index (χ3v) is 2.75. The Labute approximate surface area is 120 Å². The van der Waals surface area contributed by atoms with E-state index in [2.05, 4.69) is 15.2 Å². The quantitative estimate of drug-likeness (QED) is 0.804. The van der Waals surface area contributed by atoms with Crippen LogP contribution >= 0.6 is 0 Å². The van der Waals surface area contributed by atoms with Gasteiger partial charge in [-0.3, -0.25) is 9.89 Å². The standard InChI is InChI=1S/C14H14N4O3/c1-18(8-12-15-9-16-17-12)14(21)11-4-2-3-10(7-11)5-6-13(19)20/h2-7,9H,8H2,1H3,(H,19,20)(H,15,16,17). The lowest BCUT2D eigenvalue weighted by atomic mass is 10.1. The molecule has 2 N–H and O–H groups in total. The van der Waals surface area contributed by atoms with Crippen LogP contribution in [-0.4, -0.2) is 44.1 Å². The van der Waals surface area contributed by atoms with Crippen molar-refractivity contribution in [2.24, 2.45) is 0 Å². The van der Waals surface area contributed by atoms with E-state index >= 15 is 0 Å². The van der Waals surface area contributed by atoms with E-state index in [1.165, 1.54) is 17.3 Å². The number of nitrogens with zero attached hydrogens (tertiary/aromatic N) is 3. The van der Waals surface area contributed by atoms with Gasteiger partial charge in [-0.1, -0.05) is 12.1 Å². The number of aromatic amines is 1. The second-order valence-electron chi connectivity index (χ2n) is 4.39. The number of carboxylic acid groups (broad SMARTS) is 1. The highest BCUT2D eigenvalue weighted by atomic mass is 16.4. The monoisotopic (exact) mass is 286 g/mol. The fraction of sp³-hybridized carbons (Fsp3) is 0.143. The first-order chi connectivity index (χ1) is 10.1. The van der Waals surface area contributed by atoms with Crippen molar-refractivity contribution in [2.75, 3.05) is 7.05 Å². The lowest BCUT2D eigenvalue weighted by molar-refractivity contribution is -0.131. The van der Waals surface area contributed by atoms with Gasteiger partial charge in [0.2, 0.25) is 0 Å². The van der Waals surface area contributed by atoms with Gasteiger partial charge in [0, 0.05) is 18.7 Å². The maximum atomic E-state index is 12.3. The van der Waals surface area contributed by atoms with Crippen LogP contribution < -0.4 is 0 Å². The van der Waals surface area contributed by atoms with Gasteiger partial charge in [0.05, 0.1) is 6.54 Å². The molecule has 2 aromatic rings. The average Bonchev–Trinajstić information content (AvgIpc) is 2.97. The zero-order valence-electron chi connectivity index (χ0n) is 11.4. The molecule has 1 aromatic heterocycles. The van der Waals surface area contributed by atoms with Crippen LogP contribution in [0.4, 0.5) is 0 Å². The van der Waals surface area contributed by atoms with E-state index < -0.39 is 5.97 Å². The first-order valence-corrected chi connectivity index (χ1v) is 6.17. The normalized spacial score (nSPS) is 10.7. The molecule has 7 heteroatoms. The molecular formula is C14H14N4O3. The van der Waals surface area contributed by atoms with Gasteiger partial charge in [-0.2, -0.15) is 5.10 Å². The number of benzene rings is 1. The Balaban J connectivity index is 2.11. The molecule has 0 saturated heterocycles. The minimum absolute atomic E-state index is 0.183. The second-order valence-corrected chi connectivity index (χ2v) is 4.39. The number of hydrogen-bond acceptors (Lipinski definition) is 4. The van der Waals surface area contributed by atoms with Crippen LogP contribution in [0.2, 0.25) is 0 Å². The van der Waals surface area contributed by atoms with Gasteiger partial charge in [-0.15, -0.1) is 0 Å². The Morgan fingerprint density at radius 2 is 2.24 bits per heavy atom. The van der Waals surface area contributed by atoms with Gasteiger partial charge in [-0.25, -0.2) is 9.78 Å². The SMILES string of the molecule is CN(Cc1ncn[nH]1)C(=O)c1cccc(C=CC(=O)O)c1. The number of aliphatic carboxylic acids is 1. The van der Waals surface area contributed by atoms with E-state index in [1.807, 2.05) is 0 Å². The largest absolute Gasteiger partial charge is 0.478 e. The summed E-state index contributed by atoms with van der Waals surface area (Å²) in [6, 6.07) is 6.75. The Morgan fingerprint density at radius 3 is 2.90 bits per heavy atom. The Kier molecular flexibility index (Phi) is 4.45. The summed E-state index contributed by atoms with van der Waals surface area (Å²) in [5.74, 6) is -0.626. The summed E-state index contributed by atoms with van der Waals surface area (Å²) in [7, 11) is 1.66. The molecule has 0 saturated carbocycles. The molecule has 1 heterocycles. The zero-order valence-corrected chi connectivity index (χ0v) is 11.4. The van der Waals surface area contributed by atoms with Crippen molar-refractivity contribution in [1.82, 2.24) is 20.1 Å². The Morgan fingerprint density at radius 1 is 1.43 bits per heavy atom. The highest BCUT2D eigenvalue weighted by Crippen LogP contribution is 2.10. The van der Waals surface area contributed by atoms with E-state index in [9.17, 15) is 9.59 Å². The molecule has 1 amide bonds. The molecule has 21 heavy (non-hydrogen) atoms. The Bertz CT molecular complexity index is 665. The molecular weight excluding hydrogens is 272 g/mol. The number of amides is 1. The van der Waals surface area contributed by atoms with Crippen LogP contribution in [0.1, 0.15) is 21.7 Å². The highest BCUT2D eigenvalue weighted by Gasteiger charge is 2.13. The van der Waals surface area contributed by atoms with E-state index in [4.69, 9.17) is 5.11 Å². The summed E-state index contributed by atoms with van der Waals surface area (Å²) in [6.45, 7) is 0.314. The van der Waals surface area contributed by atoms with Crippen molar-refractivity contribution >= 4 is 18.0 Å². The molecule has 0 radical (unpaired) electrons. The number of aromatic nitrogens is 3. The number of rotatable bonds is 5. The van der Waals surface area contributed by atoms with Crippen molar-refractivity contribution in [1.29, 1.82) is 0 Å². The van der Waals surface area contributed by atoms with Crippen LogP contribution in [0, 0.1) is 0 Å². The molecule has 1 aromatic carbocycles. The maximum Gasteiger partial charge on any atom is 0.328 e. The van der Waals surface area contributed by atoms with E-state index in [1.54, 1.807) is 31.3 Å². The van der Waals surface area contributed by atoms with Gasteiger partial charge < -0.3 is 10.0 Å². The van der Waals surface area contributed by atoms with Gasteiger partial charge >= 0.3 is 5.97 Å². The predicted molar refractivity (Wildman–Crippen MR) is 75.3 cm³/mol. The molecule has 108 valence electrons. The Hall–Kier alpha value is -2.96. The number of H-pyrrole nitrogens is 1. The number of nitrogens with one attached hydrogen (secondary N) is 1. The summed E-state index contributed by atoms with van der Waals surface area (Å²) < 4.78 is 0. The van der Waals surface area contributed by atoms with Crippen molar-refractivity contribution in [3.05, 3.63) is 53.6 Å². The number of carbonyl (C=O) groups excluding carboxylic acids is 1. The summed E-state index contributed by atoms with van der Waals surface area (Å²) in [6.07, 6.45) is 3.85. The molecule has 0 aliphatic heterocycles. The summed E-state index contributed by atoms with van der Waals surface area (Å²) in [4.78, 5) is 28.2. The van der Waals surface area contributed by atoms with Crippen LogP contribution in [0.25, 0.3) is 6.08 Å². The molecule has 0 spiro atoms. The van der Waals surface area contributed by atoms with Gasteiger partial charge in [0.1, 0.15) is 12.2 Å². The molecule has 0 atom stereocenters. The van der Waals surface area contributed by atoms with Gasteiger partial charge in [-0.05, 0) is 23.8 Å². The zero-order chi connectivity index (χ0) is 15.2. The molecule has 0 bridgehead atoms. The van der Waals surface area contributed by atoms with Crippen molar-refractivity contribution in [3.8, 4) is 0 Å². The fourth-order valence-corrected chi connectivity index (χ4v) is 1.77. The van der Waals surface area contributed by atoms with Crippen molar-refractivity contribution < 1.29 is 14.7 Å². The lowest BCUT2D eigenvalue weighted by Gasteiger charge is -2.15. The van der Waals surface area contributed by atoms with E-state index in [0.29, 0.717) is 23.5 Å². The first-order valence-electron chi connectivity index (χ1n) is 6.17. The lowest BCUT2D eigenvalue weighted by Crippen LogP contribution is -2.26. The highest BCUT2D eigenvalue weighted by molar-refractivity contribution is 5.95. The molecule has 0 aliphatic rings. The fourth-order valence-electron chi connectivity index (χ4n) is 1.77. The van der Waals surface area contributed by atoms with Gasteiger partial charge in [0.15, 0.2) is 0 Å². The maximum absolute atomic E-state index is 12.3. The minimum atomic E-state index is -1.03. The van der Waals surface area contributed by atoms with Crippen molar-refractivity contribution in [2.45, 2.75) is 6.54 Å². The molecule has 0 aliphatic carbocycles. The number of carboxylic acids is 1. The van der Waals surface area contributed by atoms with Crippen LogP contribution in [0.5, 0.6) is 0 Å². The van der Waals surface area contributed by atoms with Crippen LogP contribution in [-0.2, 0) is 11.3 Å². The first kappa shape index (κ1) is 14.4. The molecule has 2 rings (SSSR count). The average molecular weight is 286 g/mol. The summed E-state index contributed by atoms with van der Waals surface area (Å²) >= 11 is 0. The summed E-state index contributed by atoms with van der Waals surface area (Å²) in [5.41, 5.74) is 1.13.